The van der Waals surface area contributed by atoms with Crippen LogP contribution in [0.15, 0.2) is 0 Å². The zero-order chi connectivity index (χ0) is 8.69. The highest BCUT2D eigenvalue weighted by Gasteiger charge is 2.09. The van der Waals surface area contributed by atoms with E-state index in [0.717, 1.165) is 12.8 Å². The number of unbranched alkanes of at least 4 members (excludes halogenated alkanes) is 1. The van der Waals surface area contributed by atoms with Crippen molar-refractivity contribution in [3.8, 4) is 0 Å². The molecule has 0 saturated heterocycles. The summed E-state index contributed by atoms with van der Waals surface area (Å²) in [5.74, 6) is 0.495. The van der Waals surface area contributed by atoms with Gasteiger partial charge in [0.05, 0.1) is 0 Å². The molecular weight excluding hydrogens is 140 g/mol. The van der Waals surface area contributed by atoms with Gasteiger partial charge in [-0.25, -0.2) is 0 Å². The number of hydrogen-bond donors (Lipinski definition) is 2. The summed E-state index contributed by atoms with van der Waals surface area (Å²) in [5.41, 5.74) is 0. The summed E-state index contributed by atoms with van der Waals surface area (Å²) in [6, 6.07) is 0. The molecule has 0 aliphatic heterocycles. The molecule has 0 fully saturated rings. The quantitative estimate of drug-likeness (QED) is 0.583. The average molecular weight is 160 g/mol. The van der Waals surface area contributed by atoms with Crippen LogP contribution in [0.4, 0.5) is 0 Å². The Bertz CT molecular complexity index is 81.6. The van der Waals surface area contributed by atoms with Crippen LogP contribution in [0.25, 0.3) is 0 Å². The lowest BCUT2D eigenvalue weighted by Gasteiger charge is -2.14. The van der Waals surface area contributed by atoms with E-state index in [-0.39, 0.29) is 0 Å². The maximum atomic E-state index is 8.71. The summed E-state index contributed by atoms with van der Waals surface area (Å²) in [7, 11) is 0. The SMILES string of the molecule is CCCCC(CC)CC(O)O. The lowest BCUT2D eigenvalue weighted by atomic mass is 9.96. The van der Waals surface area contributed by atoms with Gasteiger partial charge in [0, 0.05) is 6.42 Å². The van der Waals surface area contributed by atoms with Crippen molar-refractivity contribution in [2.45, 2.75) is 52.2 Å². The first kappa shape index (κ1) is 10.9. The average Bonchev–Trinajstić information content (AvgIpc) is 1.97. The third-order valence-corrected chi connectivity index (χ3v) is 2.09. The molecule has 0 aromatic carbocycles. The Morgan fingerprint density at radius 2 is 1.82 bits per heavy atom. The van der Waals surface area contributed by atoms with Crippen molar-refractivity contribution in [1.82, 2.24) is 0 Å². The van der Waals surface area contributed by atoms with E-state index in [4.69, 9.17) is 10.2 Å². The van der Waals surface area contributed by atoms with Crippen molar-refractivity contribution in [3.05, 3.63) is 0 Å². The fraction of sp³-hybridized carbons (Fsp3) is 1.00. The monoisotopic (exact) mass is 160 g/mol. The number of hydrogen-bond acceptors (Lipinski definition) is 2. The van der Waals surface area contributed by atoms with Crippen molar-refractivity contribution in [2.24, 2.45) is 5.92 Å². The Morgan fingerprint density at radius 3 is 2.18 bits per heavy atom. The van der Waals surface area contributed by atoms with Crippen LogP contribution in [0.3, 0.4) is 0 Å². The van der Waals surface area contributed by atoms with E-state index in [9.17, 15) is 0 Å². The molecule has 0 bridgehead atoms. The van der Waals surface area contributed by atoms with E-state index in [1.807, 2.05) is 0 Å². The van der Waals surface area contributed by atoms with Crippen molar-refractivity contribution in [3.63, 3.8) is 0 Å². The standard InChI is InChI=1S/C9H20O2/c1-3-5-6-8(4-2)7-9(10)11/h8-11H,3-7H2,1-2H3. The molecule has 68 valence electrons. The summed E-state index contributed by atoms with van der Waals surface area (Å²) in [5, 5.41) is 17.4. The minimum absolute atomic E-state index is 0.495. The van der Waals surface area contributed by atoms with Gasteiger partial charge in [0.15, 0.2) is 6.29 Å². The van der Waals surface area contributed by atoms with Crippen molar-refractivity contribution in [1.29, 1.82) is 0 Å². The van der Waals surface area contributed by atoms with Gasteiger partial charge in [-0.3, -0.25) is 0 Å². The largest absolute Gasteiger partial charge is 0.368 e. The summed E-state index contributed by atoms with van der Waals surface area (Å²) >= 11 is 0. The highest BCUT2D eigenvalue weighted by atomic mass is 16.5. The van der Waals surface area contributed by atoms with E-state index in [1.54, 1.807) is 0 Å². The summed E-state index contributed by atoms with van der Waals surface area (Å²) < 4.78 is 0. The van der Waals surface area contributed by atoms with Gasteiger partial charge >= 0.3 is 0 Å². The maximum Gasteiger partial charge on any atom is 0.151 e. The normalized spacial score (nSPS) is 13.9. The molecule has 0 spiro atoms. The second-order valence-corrected chi connectivity index (χ2v) is 3.13. The molecule has 0 aliphatic carbocycles. The molecule has 1 unspecified atom stereocenters. The van der Waals surface area contributed by atoms with Gasteiger partial charge in [-0.2, -0.15) is 0 Å². The van der Waals surface area contributed by atoms with Crippen molar-refractivity contribution >= 4 is 0 Å². The second kappa shape index (κ2) is 6.62. The molecule has 0 radical (unpaired) electrons. The lowest BCUT2D eigenvalue weighted by Crippen LogP contribution is -2.11. The van der Waals surface area contributed by atoms with Crippen LogP contribution in [0.1, 0.15) is 46.0 Å². The van der Waals surface area contributed by atoms with Crippen LogP contribution < -0.4 is 0 Å². The minimum Gasteiger partial charge on any atom is -0.368 e. The summed E-state index contributed by atoms with van der Waals surface area (Å²) in [6.45, 7) is 4.25. The fourth-order valence-corrected chi connectivity index (χ4v) is 1.28. The van der Waals surface area contributed by atoms with E-state index < -0.39 is 6.29 Å². The van der Waals surface area contributed by atoms with Crippen molar-refractivity contribution < 1.29 is 10.2 Å². The number of aliphatic hydroxyl groups excluding tert-OH is 1. The van der Waals surface area contributed by atoms with E-state index in [2.05, 4.69) is 13.8 Å². The lowest BCUT2D eigenvalue weighted by molar-refractivity contribution is -0.0570. The summed E-state index contributed by atoms with van der Waals surface area (Å²) in [6.07, 6.45) is 4.00. The molecule has 0 aromatic heterocycles. The molecule has 0 saturated carbocycles. The Morgan fingerprint density at radius 1 is 1.18 bits per heavy atom. The molecule has 0 heterocycles. The second-order valence-electron chi connectivity index (χ2n) is 3.13. The minimum atomic E-state index is -1.11. The smallest absolute Gasteiger partial charge is 0.151 e. The van der Waals surface area contributed by atoms with Gasteiger partial charge in [0.2, 0.25) is 0 Å². The van der Waals surface area contributed by atoms with Crippen LogP contribution in [0.2, 0.25) is 0 Å². The topological polar surface area (TPSA) is 40.5 Å². The molecule has 0 aliphatic rings. The highest BCUT2D eigenvalue weighted by molar-refractivity contribution is 4.57. The van der Waals surface area contributed by atoms with Crippen LogP contribution in [-0.2, 0) is 0 Å². The van der Waals surface area contributed by atoms with Gasteiger partial charge in [0.25, 0.3) is 0 Å². The molecule has 11 heavy (non-hydrogen) atoms. The molecule has 0 rings (SSSR count). The van der Waals surface area contributed by atoms with E-state index in [0.29, 0.717) is 12.3 Å². The number of aliphatic hydroxyl groups is 2. The first-order chi connectivity index (χ1) is 5.20. The van der Waals surface area contributed by atoms with Gasteiger partial charge in [-0.15, -0.1) is 0 Å². The summed E-state index contributed by atoms with van der Waals surface area (Å²) in [4.78, 5) is 0. The third kappa shape index (κ3) is 6.32. The molecule has 0 aromatic rings. The van der Waals surface area contributed by atoms with Crippen LogP contribution >= 0.6 is 0 Å². The van der Waals surface area contributed by atoms with Gasteiger partial charge < -0.3 is 10.2 Å². The molecule has 2 nitrogen and oxygen atoms in total. The third-order valence-electron chi connectivity index (χ3n) is 2.09. The van der Waals surface area contributed by atoms with Gasteiger partial charge in [-0.1, -0.05) is 39.5 Å². The Hall–Kier alpha value is -0.0800. The predicted octanol–water partition coefficient (Wildman–Crippen LogP) is 1.90. The molecular formula is C9H20O2. The first-order valence-corrected chi connectivity index (χ1v) is 4.56. The Labute approximate surface area is 69.2 Å². The van der Waals surface area contributed by atoms with E-state index in [1.165, 1.54) is 12.8 Å². The molecule has 2 heteroatoms. The van der Waals surface area contributed by atoms with Crippen LogP contribution in [0.5, 0.6) is 0 Å². The van der Waals surface area contributed by atoms with Crippen molar-refractivity contribution in [2.75, 3.05) is 0 Å². The Kier molecular flexibility index (Phi) is 6.57. The van der Waals surface area contributed by atoms with E-state index >= 15 is 0 Å². The fourth-order valence-electron chi connectivity index (χ4n) is 1.28. The van der Waals surface area contributed by atoms with Gasteiger partial charge in [0.1, 0.15) is 0 Å². The predicted molar refractivity (Wildman–Crippen MR) is 46.1 cm³/mol. The zero-order valence-corrected chi connectivity index (χ0v) is 7.58. The maximum absolute atomic E-state index is 8.71. The Balaban J connectivity index is 3.41. The number of rotatable bonds is 6. The molecule has 2 N–H and O–H groups in total. The van der Waals surface area contributed by atoms with Gasteiger partial charge in [-0.05, 0) is 5.92 Å². The zero-order valence-electron chi connectivity index (χ0n) is 7.58. The van der Waals surface area contributed by atoms with Crippen LogP contribution in [-0.4, -0.2) is 16.5 Å². The molecule has 1 atom stereocenters. The van der Waals surface area contributed by atoms with Crippen LogP contribution in [0, 0.1) is 5.92 Å². The highest BCUT2D eigenvalue weighted by Crippen LogP contribution is 2.17. The first-order valence-electron chi connectivity index (χ1n) is 4.56. The molecule has 0 amide bonds.